The van der Waals surface area contributed by atoms with E-state index < -0.39 is 5.92 Å². The van der Waals surface area contributed by atoms with Crippen molar-refractivity contribution in [2.45, 2.75) is 19.8 Å². The van der Waals surface area contributed by atoms with Gasteiger partial charge in [0.15, 0.2) is 0 Å². The Balaban J connectivity index is 2.82. The number of anilines is 1. The molecule has 18 heavy (non-hydrogen) atoms. The molecule has 0 aromatic heterocycles. The van der Waals surface area contributed by atoms with Crippen LogP contribution in [0.3, 0.4) is 0 Å². The van der Waals surface area contributed by atoms with E-state index >= 15 is 0 Å². The fourth-order valence-corrected chi connectivity index (χ4v) is 2.87. The molecule has 0 aliphatic carbocycles. The molecule has 1 aromatic rings. The summed E-state index contributed by atoms with van der Waals surface area (Å²) in [5, 5.41) is 2.83. The highest BCUT2D eigenvalue weighted by Crippen LogP contribution is 2.26. The first-order valence-corrected chi connectivity index (χ1v) is 7.50. The Labute approximate surface area is 129 Å². The molecular formula is C12H14Br2N2OS. The zero-order valence-corrected chi connectivity index (χ0v) is 13.9. The van der Waals surface area contributed by atoms with Crippen LogP contribution >= 0.6 is 44.1 Å². The second kappa shape index (κ2) is 7.21. The minimum atomic E-state index is -0.416. The Bertz CT molecular complexity index is 465. The molecule has 0 fully saturated rings. The van der Waals surface area contributed by atoms with Gasteiger partial charge in [0.25, 0.3) is 0 Å². The summed E-state index contributed by atoms with van der Waals surface area (Å²) < 4.78 is 1.75. The summed E-state index contributed by atoms with van der Waals surface area (Å²) in [6, 6.07) is 5.54. The zero-order chi connectivity index (χ0) is 13.7. The first-order chi connectivity index (χ1) is 8.45. The van der Waals surface area contributed by atoms with Crippen molar-refractivity contribution in [2.75, 3.05) is 5.32 Å². The number of amides is 1. The molecular weight excluding hydrogens is 380 g/mol. The van der Waals surface area contributed by atoms with Gasteiger partial charge in [0.05, 0.1) is 16.6 Å². The van der Waals surface area contributed by atoms with Crippen molar-refractivity contribution in [1.29, 1.82) is 0 Å². The molecule has 0 saturated heterocycles. The van der Waals surface area contributed by atoms with Crippen LogP contribution in [-0.2, 0) is 4.79 Å². The summed E-state index contributed by atoms with van der Waals surface area (Å²) in [5.74, 6) is -0.576. The summed E-state index contributed by atoms with van der Waals surface area (Å²) in [5.41, 5.74) is 6.30. The average molecular weight is 394 g/mol. The Morgan fingerprint density at radius 1 is 1.50 bits per heavy atom. The van der Waals surface area contributed by atoms with Gasteiger partial charge in [-0.25, -0.2) is 0 Å². The molecule has 6 heteroatoms. The Hall–Kier alpha value is -0.460. The quantitative estimate of drug-likeness (QED) is 0.747. The normalized spacial score (nSPS) is 11.9. The fraction of sp³-hybridized carbons (Fsp3) is 0.333. The van der Waals surface area contributed by atoms with Crippen molar-refractivity contribution in [3.05, 3.63) is 27.1 Å². The first-order valence-electron chi connectivity index (χ1n) is 5.51. The van der Waals surface area contributed by atoms with Crippen molar-refractivity contribution >= 4 is 60.7 Å². The number of rotatable bonds is 5. The second-order valence-corrected chi connectivity index (χ2v) is 6.10. The third-order valence-corrected chi connectivity index (χ3v) is 3.86. The SMILES string of the molecule is CCCC(C(=O)Nc1ccc(Br)cc1Br)C(N)=S. The van der Waals surface area contributed by atoms with Gasteiger partial charge < -0.3 is 11.1 Å². The molecule has 0 spiro atoms. The molecule has 1 aromatic carbocycles. The van der Waals surface area contributed by atoms with Crippen LogP contribution in [0.1, 0.15) is 19.8 Å². The van der Waals surface area contributed by atoms with Crippen LogP contribution < -0.4 is 11.1 Å². The summed E-state index contributed by atoms with van der Waals surface area (Å²) in [7, 11) is 0. The predicted molar refractivity (Wildman–Crippen MR) is 85.7 cm³/mol. The van der Waals surface area contributed by atoms with Crippen molar-refractivity contribution in [2.24, 2.45) is 11.7 Å². The molecule has 1 amide bonds. The molecule has 3 nitrogen and oxygen atoms in total. The van der Waals surface area contributed by atoms with Crippen molar-refractivity contribution in [3.63, 3.8) is 0 Å². The van der Waals surface area contributed by atoms with Crippen LogP contribution in [0.15, 0.2) is 27.1 Å². The molecule has 98 valence electrons. The number of carbonyl (C=O) groups is 1. The van der Waals surface area contributed by atoms with Crippen LogP contribution in [0.5, 0.6) is 0 Å². The molecule has 0 radical (unpaired) electrons. The Kier molecular flexibility index (Phi) is 6.25. The maximum absolute atomic E-state index is 12.1. The van der Waals surface area contributed by atoms with Crippen molar-refractivity contribution in [1.82, 2.24) is 0 Å². The van der Waals surface area contributed by atoms with Crippen LogP contribution in [0.25, 0.3) is 0 Å². The lowest BCUT2D eigenvalue weighted by atomic mass is 10.0. The van der Waals surface area contributed by atoms with Crippen LogP contribution in [0, 0.1) is 5.92 Å². The summed E-state index contributed by atoms with van der Waals surface area (Å²) in [4.78, 5) is 12.3. The highest BCUT2D eigenvalue weighted by Gasteiger charge is 2.21. The lowest BCUT2D eigenvalue weighted by Crippen LogP contribution is -2.33. The van der Waals surface area contributed by atoms with E-state index in [1.165, 1.54) is 0 Å². The number of nitrogens with two attached hydrogens (primary N) is 1. The molecule has 0 bridgehead atoms. The van der Waals surface area contributed by atoms with Gasteiger partial charge in [0.2, 0.25) is 5.91 Å². The highest BCUT2D eigenvalue weighted by molar-refractivity contribution is 9.11. The first kappa shape index (κ1) is 15.6. The lowest BCUT2D eigenvalue weighted by molar-refractivity contribution is -0.118. The number of nitrogens with one attached hydrogen (secondary N) is 1. The van der Waals surface area contributed by atoms with Gasteiger partial charge in [-0.1, -0.05) is 41.5 Å². The Morgan fingerprint density at radius 3 is 2.67 bits per heavy atom. The summed E-state index contributed by atoms with van der Waals surface area (Å²) in [6.45, 7) is 1.99. The minimum Gasteiger partial charge on any atom is -0.393 e. The molecule has 0 saturated carbocycles. The molecule has 1 rings (SSSR count). The Morgan fingerprint density at radius 2 is 2.17 bits per heavy atom. The van der Waals surface area contributed by atoms with Gasteiger partial charge in [-0.05, 0) is 40.5 Å². The average Bonchev–Trinajstić information content (AvgIpc) is 2.29. The smallest absolute Gasteiger partial charge is 0.234 e. The van der Waals surface area contributed by atoms with E-state index in [4.69, 9.17) is 18.0 Å². The van der Waals surface area contributed by atoms with E-state index in [2.05, 4.69) is 37.2 Å². The van der Waals surface area contributed by atoms with Crippen LogP contribution in [0.4, 0.5) is 5.69 Å². The van der Waals surface area contributed by atoms with E-state index in [9.17, 15) is 4.79 Å². The molecule has 1 atom stereocenters. The second-order valence-electron chi connectivity index (χ2n) is 3.86. The lowest BCUT2D eigenvalue weighted by Gasteiger charge is -2.15. The van der Waals surface area contributed by atoms with Gasteiger partial charge in [0.1, 0.15) is 0 Å². The molecule has 0 aliphatic heterocycles. The van der Waals surface area contributed by atoms with Gasteiger partial charge >= 0.3 is 0 Å². The summed E-state index contributed by atoms with van der Waals surface area (Å²) >= 11 is 11.7. The van der Waals surface area contributed by atoms with Crippen LogP contribution in [0.2, 0.25) is 0 Å². The van der Waals surface area contributed by atoms with Crippen molar-refractivity contribution < 1.29 is 4.79 Å². The maximum atomic E-state index is 12.1. The molecule has 1 unspecified atom stereocenters. The van der Waals surface area contributed by atoms with E-state index in [-0.39, 0.29) is 10.9 Å². The number of halogens is 2. The largest absolute Gasteiger partial charge is 0.393 e. The molecule has 0 aliphatic rings. The van der Waals surface area contributed by atoms with E-state index in [1.54, 1.807) is 0 Å². The number of hydrogen-bond acceptors (Lipinski definition) is 2. The number of thiocarbonyl (C=S) groups is 1. The number of hydrogen-bond donors (Lipinski definition) is 2. The van der Waals surface area contributed by atoms with Gasteiger partial charge in [-0.3, -0.25) is 4.79 Å². The van der Waals surface area contributed by atoms with Crippen molar-refractivity contribution in [3.8, 4) is 0 Å². The van der Waals surface area contributed by atoms with Gasteiger partial charge in [0, 0.05) is 8.95 Å². The van der Waals surface area contributed by atoms with E-state index in [0.29, 0.717) is 12.1 Å². The molecule has 3 N–H and O–H groups in total. The molecule has 0 heterocycles. The zero-order valence-electron chi connectivity index (χ0n) is 9.87. The highest BCUT2D eigenvalue weighted by atomic mass is 79.9. The van der Waals surface area contributed by atoms with E-state index in [1.807, 2.05) is 25.1 Å². The topological polar surface area (TPSA) is 55.1 Å². The van der Waals surface area contributed by atoms with Gasteiger partial charge in [-0.2, -0.15) is 0 Å². The number of benzene rings is 1. The minimum absolute atomic E-state index is 0.160. The number of carbonyl (C=O) groups excluding carboxylic acids is 1. The fourth-order valence-electron chi connectivity index (χ4n) is 1.50. The maximum Gasteiger partial charge on any atom is 0.234 e. The monoisotopic (exact) mass is 392 g/mol. The van der Waals surface area contributed by atoms with E-state index in [0.717, 1.165) is 15.4 Å². The predicted octanol–water partition coefficient (Wildman–Crippen LogP) is 3.85. The standard InChI is InChI=1S/C12H14Br2N2OS/c1-2-3-8(11(15)18)12(17)16-10-5-4-7(13)6-9(10)14/h4-6,8H,2-3H2,1H3,(H2,15,18)(H,16,17). The summed E-state index contributed by atoms with van der Waals surface area (Å²) in [6.07, 6.45) is 1.52. The van der Waals surface area contributed by atoms with Crippen LogP contribution in [-0.4, -0.2) is 10.9 Å². The third-order valence-electron chi connectivity index (χ3n) is 2.43. The third kappa shape index (κ3) is 4.33. The van der Waals surface area contributed by atoms with Gasteiger partial charge in [-0.15, -0.1) is 0 Å².